The van der Waals surface area contributed by atoms with Gasteiger partial charge in [0, 0.05) is 27.8 Å². The first kappa shape index (κ1) is 30.3. The molecule has 0 amide bonds. The summed E-state index contributed by atoms with van der Waals surface area (Å²) < 4.78 is 6.64. The number of aromatic nitrogens is 5. The summed E-state index contributed by atoms with van der Waals surface area (Å²) in [6, 6.07) is 51.0. The summed E-state index contributed by atoms with van der Waals surface area (Å²) in [5, 5.41) is 0.825. The van der Waals surface area contributed by atoms with Gasteiger partial charge >= 0.3 is 0 Å². The van der Waals surface area contributed by atoms with E-state index in [2.05, 4.69) is 68.4 Å². The zero-order chi connectivity index (χ0) is 34.3. The maximum Gasteiger partial charge on any atom is 0.180 e. The minimum absolute atomic E-state index is 0.538. The number of hydrogen-bond acceptors (Lipinski definition) is 6. The fourth-order valence-electron chi connectivity index (χ4n) is 6.70. The van der Waals surface area contributed by atoms with Crippen molar-refractivity contribution in [1.29, 1.82) is 0 Å². The minimum atomic E-state index is 0.538. The molecule has 0 saturated carbocycles. The van der Waals surface area contributed by atoms with Gasteiger partial charge in [0.15, 0.2) is 28.9 Å². The van der Waals surface area contributed by atoms with Crippen LogP contribution in [0.2, 0.25) is 0 Å². The number of fused-ring (bicyclic) bond motifs is 3. The van der Waals surface area contributed by atoms with Gasteiger partial charge in [-0.25, -0.2) is 24.9 Å². The van der Waals surface area contributed by atoms with Gasteiger partial charge in [-0.05, 0) is 48.2 Å². The van der Waals surface area contributed by atoms with E-state index >= 15 is 0 Å². The van der Waals surface area contributed by atoms with Crippen LogP contribution in [0.25, 0.3) is 90.0 Å². The Bertz CT molecular complexity index is 2650. The van der Waals surface area contributed by atoms with E-state index in [9.17, 15) is 0 Å². The molecule has 242 valence electrons. The lowest BCUT2D eigenvalue weighted by Gasteiger charge is -2.12. The average Bonchev–Trinajstić information content (AvgIpc) is 3.58. The van der Waals surface area contributed by atoms with Gasteiger partial charge in [-0.15, -0.1) is 0 Å². The van der Waals surface area contributed by atoms with E-state index in [1.807, 2.05) is 97.1 Å². The summed E-state index contributed by atoms with van der Waals surface area (Å²) in [7, 11) is 0. The zero-order valence-corrected chi connectivity index (χ0v) is 28.1. The third kappa shape index (κ3) is 5.53. The molecule has 0 aliphatic rings. The predicted molar refractivity (Wildman–Crippen MR) is 205 cm³/mol. The van der Waals surface area contributed by atoms with Crippen molar-refractivity contribution in [3.05, 3.63) is 163 Å². The second kappa shape index (κ2) is 12.6. The molecule has 9 aromatic rings. The molecular weight excluding hydrogens is 627 g/mol. The normalized spacial score (nSPS) is 11.3. The monoisotopic (exact) mass is 657 g/mol. The fraction of sp³-hybridized carbons (Fsp3) is 0.0444. The van der Waals surface area contributed by atoms with Crippen LogP contribution in [-0.2, 0) is 0 Å². The number of aryl methyl sites for hydroxylation is 2. The predicted octanol–water partition coefficient (Wildman–Crippen LogP) is 11.2. The molecule has 9 rings (SSSR count). The largest absolute Gasteiger partial charge is 0.452 e. The highest BCUT2D eigenvalue weighted by molar-refractivity contribution is 6.13. The lowest BCUT2D eigenvalue weighted by atomic mass is 9.95. The van der Waals surface area contributed by atoms with Gasteiger partial charge in [0.05, 0.1) is 5.39 Å². The molecule has 6 aromatic carbocycles. The van der Waals surface area contributed by atoms with E-state index in [0.29, 0.717) is 40.0 Å². The highest BCUT2D eigenvalue weighted by Crippen LogP contribution is 2.40. The standard InChI is InChI=1S/C45H31N5O/c1-28-15-12-13-22-34(28)35-26-25-33(27-29(35)2)44-46-39(30-16-6-3-7-17-30)41-40(47-44)38-36(23-14-24-37(38)51-41)45-49-42(31-18-8-4-9-19-31)48-43(50-45)32-20-10-5-11-21-32/h3-27H,1-2H3. The van der Waals surface area contributed by atoms with Crippen molar-refractivity contribution in [2.75, 3.05) is 0 Å². The highest BCUT2D eigenvalue weighted by Gasteiger charge is 2.23. The topological polar surface area (TPSA) is 77.6 Å². The third-order valence-electron chi connectivity index (χ3n) is 9.25. The van der Waals surface area contributed by atoms with Crippen molar-refractivity contribution in [3.8, 4) is 67.9 Å². The van der Waals surface area contributed by atoms with E-state index in [1.54, 1.807) is 0 Å². The summed E-state index contributed by atoms with van der Waals surface area (Å²) in [6.07, 6.45) is 0. The fourth-order valence-corrected chi connectivity index (χ4v) is 6.70. The van der Waals surface area contributed by atoms with E-state index in [-0.39, 0.29) is 0 Å². The van der Waals surface area contributed by atoms with Gasteiger partial charge in [-0.3, -0.25) is 0 Å². The summed E-state index contributed by atoms with van der Waals surface area (Å²) in [4.78, 5) is 25.4. The second-order valence-electron chi connectivity index (χ2n) is 12.6. The Morgan fingerprint density at radius 2 is 0.941 bits per heavy atom. The van der Waals surface area contributed by atoms with Gasteiger partial charge < -0.3 is 4.42 Å². The number of hydrogen-bond donors (Lipinski definition) is 0. The third-order valence-corrected chi connectivity index (χ3v) is 9.25. The summed E-state index contributed by atoms with van der Waals surface area (Å²) in [5.74, 6) is 2.34. The van der Waals surface area contributed by atoms with Gasteiger partial charge in [0.25, 0.3) is 0 Å². The maximum absolute atomic E-state index is 6.64. The first-order valence-electron chi connectivity index (χ1n) is 16.9. The van der Waals surface area contributed by atoms with Crippen molar-refractivity contribution in [2.24, 2.45) is 0 Å². The Labute approximate surface area is 295 Å². The Morgan fingerprint density at radius 1 is 0.392 bits per heavy atom. The van der Waals surface area contributed by atoms with Crippen LogP contribution in [0.1, 0.15) is 11.1 Å². The number of nitrogens with zero attached hydrogens (tertiary/aromatic N) is 5. The van der Waals surface area contributed by atoms with Crippen molar-refractivity contribution >= 4 is 22.1 Å². The molecule has 0 N–H and O–H groups in total. The molecule has 0 fully saturated rings. The summed E-state index contributed by atoms with van der Waals surface area (Å²) >= 11 is 0. The zero-order valence-electron chi connectivity index (χ0n) is 28.1. The molecule has 0 atom stereocenters. The molecule has 0 saturated heterocycles. The van der Waals surface area contributed by atoms with Crippen LogP contribution < -0.4 is 0 Å². The Balaban J connectivity index is 1.29. The molecule has 51 heavy (non-hydrogen) atoms. The van der Waals surface area contributed by atoms with Crippen LogP contribution in [-0.4, -0.2) is 24.9 Å². The van der Waals surface area contributed by atoms with Crippen molar-refractivity contribution in [1.82, 2.24) is 24.9 Å². The molecule has 0 radical (unpaired) electrons. The molecule has 0 spiro atoms. The van der Waals surface area contributed by atoms with Crippen LogP contribution in [0.3, 0.4) is 0 Å². The van der Waals surface area contributed by atoms with Gasteiger partial charge in [0.1, 0.15) is 16.8 Å². The van der Waals surface area contributed by atoms with E-state index in [0.717, 1.165) is 44.5 Å². The van der Waals surface area contributed by atoms with E-state index in [1.165, 1.54) is 16.7 Å². The minimum Gasteiger partial charge on any atom is -0.452 e. The Kier molecular flexibility index (Phi) is 7.47. The van der Waals surface area contributed by atoms with Crippen molar-refractivity contribution in [2.45, 2.75) is 13.8 Å². The SMILES string of the molecule is Cc1ccccc1-c1ccc(-c2nc(-c3ccccc3)c3oc4cccc(-c5nc(-c6ccccc6)nc(-c6ccccc6)n5)c4c3n2)cc1C. The Morgan fingerprint density at radius 3 is 1.59 bits per heavy atom. The number of furan rings is 1. The van der Waals surface area contributed by atoms with Crippen LogP contribution in [0.15, 0.2) is 156 Å². The second-order valence-corrected chi connectivity index (χ2v) is 12.6. The van der Waals surface area contributed by atoms with Crippen LogP contribution in [0.5, 0.6) is 0 Å². The molecule has 0 aliphatic carbocycles. The first-order chi connectivity index (χ1) is 25.1. The maximum atomic E-state index is 6.64. The lowest BCUT2D eigenvalue weighted by molar-refractivity contribution is 0.667. The van der Waals surface area contributed by atoms with Crippen LogP contribution in [0.4, 0.5) is 0 Å². The lowest BCUT2D eigenvalue weighted by Crippen LogP contribution is -2.00. The summed E-state index contributed by atoms with van der Waals surface area (Å²) in [6.45, 7) is 4.29. The van der Waals surface area contributed by atoms with Crippen LogP contribution >= 0.6 is 0 Å². The van der Waals surface area contributed by atoms with Gasteiger partial charge in [0.2, 0.25) is 0 Å². The molecule has 6 heteroatoms. The quantitative estimate of drug-likeness (QED) is 0.177. The summed E-state index contributed by atoms with van der Waals surface area (Å²) in [5.41, 5.74) is 12.0. The average molecular weight is 658 g/mol. The first-order valence-corrected chi connectivity index (χ1v) is 16.9. The smallest absolute Gasteiger partial charge is 0.180 e. The highest BCUT2D eigenvalue weighted by atomic mass is 16.3. The Hall–Kier alpha value is -6.79. The van der Waals surface area contributed by atoms with Crippen molar-refractivity contribution < 1.29 is 4.42 Å². The molecule has 3 heterocycles. The van der Waals surface area contributed by atoms with Crippen molar-refractivity contribution in [3.63, 3.8) is 0 Å². The van der Waals surface area contributed by atoms with E-state index < -0.39 is 0 Å². The molecular formula is C45H31N5O. The molecule has 0 aliphatic heterocycles. The van der Waals surface area contributed by atoms with Gasteiger partial charge in [-0.2, -0.15) is 0 Å². The number of benzene rings is 6. The van der Waals surface area contributed by atoms with Gasteiger partial charge in [-0.1, -0.05) is 140 Å². The molecule has 3 aromatic heterocycles. The molecule has 0 bridgehead atoms. The van der Waals surface area contributed by atoms with Crippen LogP contribution in [0, 0.1) is 13.8 Å². The number of rotatable bonds is 6. The molecule has 6 nitrogen and oxygen atoms in total. The molecule has 0 unspecified atom stereocenters. The van der Waals surface area contributed by atoms with E-state index in [4.69, 9.17) is 29.3 Å².